The summed E-state index contributed by atoms with van der Waals surface area (Å²) in [6.07, 6.45) is 1.00. The van der Waals surface area contributed by atoms with Gasteiger partial charge in [0.25, 0.3) is 0 Å². The number of aliphatic hydroxyl groups is 4. The van der Waals surface area contributed by atoms with Gasteiger partial charge in [-0.25, -0.2) is 0 Å². The molecule has 0 aliphatic carbocycles. The fourth-order valence-electron chi connectivity index (χ4n) is 1.61. The standard InChI is InChI=1S/C11H24O4/c1-3-5-9(13)6-10(14)7-11(15,4-2)8-12/h9-10,12-15H,3-8H2,1-2H3. The normalized spacial score (nSPS) is 19.6. The molecule has 0 heterocycles. The van der Waals surface area contributed by atoms with Crippen molar-refractivity contribution in [2.75, 3.05) is 6.61 Å². The van der Waals surface area contributed by atoms with E-state index in [2.05, 4.69) is 0 Å². The summed E-state index contributed by atoms with van der Waals surface area (Å²) in [5.74, 6) is 0. The second kappa shape index (κ2) is 7.17. The van der Waals surface area contributed by atoms with E-state index in [4.69, 9.17) is 5.11 Å². The number of rotatable bonds is 8. The van der Waals surface area contributed by atoms with Crippen LogP contribution in [0, 0.1) is 0 Å². The largest absolute Gasteiger partial charge is 0.393 e. The first-order valence-corrected chi connectivity index (χ1v) is 5.66. The molecule has 4 heteroatoms. The molecule has 0 aromatic carbocycles. The zero-order chi connectivity index (χ0) is 11.9. The van der Waals surface area contributed by atoms with Crippen LogP contribution in [0.3, 0.4) is 0 Å². The van der Waals surface area contributed by atoms with Crippen LogP contribution in [-0.4, -0.2) is 44.8 Å². The number of hydrogen-bond donors (Lipinski definition) is 4. The van der Waals surface area contributed by atoms with E-state index in [0.29, 0.717) is 12.8 Å². The van der Waals surface area contributed by atoms with Crippen molar-refractivity contribution >= 4 is 0 Å². The maximum absolute atomic E-state index is 9.75. The lowest BCUT2D eigenvalue weighted by Crippen LogP contribution is -2.37. The molecule has 0 rings (SSSR count). The van der Waals surface area contributed by atoms with Gasteiger partial charge in [-0.1, -0.05) is 20.3 Å². The molecule has 0 aromatic rings. The van der Waals surface area contributed by atoms with Gasteiger partial charge in [0.15, 0.2) is 0 Å². The maximum atomic E-state index is 9.75. The summed E-state index contributed by atoms with van der Waals surface area (Å²) in [7, 11) is 0. The average Bonchev–Trinajstić information content (AvgIpc) is 2.17. The Kier molecular flexibility index (Phi) is 7.09. The predicted octanol–water partition coefficient (Wildman–Crippen LogP) is 0.422. The van der Waals surface area contributed by atoms with Crippen LogP contribution in [0.5, 0.6) is 0 Å². The molecule has 4 nitrogen and oxygen atoms in total. The van der Waals surface area contributed by atoms with E-state index in [1.807, 2.05) is 6.92 Å². The third-order valence-corrected chi connectivity index (χ3v) is 2.73. The van der Waals surface area contributed by atoms with Crippen molar-refractivity contribution in [3.63, 3.8) is 0 Å². The predicted molar refractivity (Wildman–Crippen MR) is 58.5 cm³/mol. The number of aliphatic hydroxyl groups excluding tert-OH is 3. The van der Waals surface area contributed by atoms with Crippen molar-refractivity contribution in [2.45, 2.75) is 63.8 Å². The van der Waals surface area contributed by atoms with E-state index in [1.54, 1.807) is 6.92 Å². The van der Waals surface area contributed by atoms with Gasteiger partial charge in [-0.2, -0.15) is 0 Å². The first-order valence-electron chi connectivity index (χ1n) is 5.66. The van der Waals surface area contributed by atoms with E-state index in [-0.39, 0.29) is 19.4 Å². The summed E-state index contributed by atoms with van der Waals surface area (Å²) in [5.41, 5.74) is -1.22. The molecule has 3 atom stereocenters. The molecular weight excluding hydrogens is 196 g/mol. The lowest BCUT2D eigenvalue weighted by molar-refractivity contribution is -0.0602. The first-order chi connectivity index (χ1) is 6.97. The molecule has 0 aromatic heterocycles. The zero-order valence-electron chi connectivity index (χ0n) is 9.69. The highest BCUT2D eigenvalue weighted by Gasteiger charge is 2.27. The van der Waals surface area contributed by atoms with Gasteiger partial charge in [0.05, 0.1) is 24.4 Å². The van der Waals surface area contributed by atoms with Gasteiger partial charge < -0.3 is 20.4 Å². The van der Waals surface area contributed by atoms with Crippen LogP contribution in [0.4, 0.5) is 0 Å². The molecule has 0 spiro atoms. The summed E-state index contributed by atoms with van der Waals surface area (Å²) in [5, 5.41) is 37.8. The van der Waals surface area contributed by atoms with E-state index < -0.39 is 17.8 Å². The van der Waals surface area contributed by atoms with Crippen LogP contribution in [0.2, 0.25) is 0 Å². The van der Waals surface area contributed by atoms with Crippen LogP contribution < -0.4 is 0 Å². The molecule has 0 saturated carbocycles. The lowest BCUT2D eigenvalue weighted by atomic mass is 9.91. The van der Waals surface area contributed by atoms with Crippen LogP contribution in [0.15, 0.2) is 0 Å². The van der Waals surface area contributed by atoms with E-state index in [9.17, 15) is 15.3 Å². The third-order valence-electron chi connectivity index (χ3n) is 2.73. The molecule has 0 saturated heterocycles. The Bertz CT molecular complexity index is 157. The van der Waals surface area contributed by atoms with Crippen LogP contribution in [-0.2, 0) is 0 Å². The molecule has 0 amide bonds. The minimum absolute atomic E-state index is 0.112. The maximum Gasteiger partial charge on any atom is 0.0899 e. The molecular formula is C11H24O4. The van der Waals surface area contributed by atoms with Gasteiger partial charge in [0.1, 0.15) is 0 Å². The van der Waals surface area contributed by atoms with Gasteiger partial charge in [-0.15, -0.1) is 0 Å². The topological polar surface area (TPSA) is 80.9 Å². The van der Waals surface area contributed by atoms with E-state index >= 15 is 0 Å². The summed E-state index contributed by atoms with van der Waals surface area (Å²) in [6.45, 7) is 3.36. The molecule has 0 radical (unpaired) electrons. The zero-order valence-corrected chi connectivity index (χ0v) is 9.69. The van der Waals surface area contributed by atoms with Crippen molar-refractivity contribution in [1.29, 1.82) is 0 Å². The minimum atomic E-state index is -1.22. The Morgan fingerprint density at radius 1 is 1.13 bits per heavy atom. The van der Waals surface area contributed by atoms with E-state index in [0.717, 1.165) is 6.42 Å². The average molecular weight is 220 g/mol. The van der Waals surface area contributed by atoms with Crippen molar-refractivity contribution in [1.82, 2.24) is 0 Å². The third kappa shape index (κ3) is 6.10. The summed E-state index contributed by atoms with van der Waals surface area (Å²) < 4.78 is 0. The van der Waals surface area contributed by atoms with Crippen LogP contribution in [0.1, 0.15) is 46.0 Å². The second-order valence-electron chi connectivity index (χ2n) is 4.27. The second-order valence-corrected chi connectivity index (χ2v) is 4.27. The lowest BCUT2D eigenvalue weighted by Gasteiger charge is -2.27. The molecule has 15 heavy (non-hydrogen) atoms. The fraction of sp³-hybridized carbons (Fsp3) is 1.00. The van der Waals surface area contributed by atoms with Crippen molar-refractivity contribution in [2.24, 2.45) is 0 Å². The Balaban J connectivity index is 3.95. The summed E-state index contributed by atoms with van der Waals surface area (Å²) in [4.78, 5) is 0. The Morgan fingerprint density at radius 2 is 1.73 bits per heavy atom. The summed E-state index contributed by atoms with van der Waals surface area (Å²) in [6, 6.07) is 0. The summed E-state index contributed by atoms with van der Waals surface area (Å²) >= 11 is 0. The van der Waals surface area contributed by atoms with Gasteiger partial charge in [0.2, 0.25) is 0 Å². The molecule has 0 aliphatic rings. The molecule has 4 N–H and O–H groups in total. The van der Waals surface area contributed by atoms with Gasteiger partial charge in [-0.05, 0) is 19.3 Å². The van der Waals surface area contributed by atoms with Crippen molar-refractivity contribution < 1.29 is 20.4 Å². The number of hydrogen-bond acceptors (Lipinski definition) is 4. The van der Waals surface area contributed by atoms with Gasteiger partial charge in [0, 0.05) is 6.42 Å². The quantitative estimate of drug-likeness (QED) is 0.478. The highest BCUT2D eigenvalue weighted by Crippen LogP contribution is 2.19. The molecule has 0 aliphatic heterocycles. The van der Waals surface area contributed by atoms with Crippen molar-refractivity contribution in [3.05, 3.63) is 0 Å². The Labute approximate surface area is 91.6 Å². The SMILES string of the molecule is CCCC(O)CC(O)CC(O)(CC)CO. The smallest absolute Gasteiger partial charge is 0.0899 e. The van der Waals surface area contributed by atoms with Gasteiger partial charge in [-0.3, -0.25) is 0 Å². The monoisotopic (exact) mass is 220 g/mol. The highest BCUT2D eigenvalue weighted by atomic mass is 16.3. The van der Waals surface area contributed by atoms with Gasteiger partial charge >= 0.3 is 0 Å². The minimum Gasteiger partial charge on any atom is -0.393 e. The first kappa shape index (κ1) is 14.8. The molecule has 92 valence electrons. The Hall–Kier alpha value is -0.160. The molecule has 3 unspecified atom stereocenters. The van der Waals surface area contributed by atoms with Crippen LogP contribution >= 0.6 is 0 Å². The van der Waals surface area contributed by atoms with Crippen molar-refractivity contribution in [3.8, 4) is 0 Å². The van der Waals surface area contributed by atoms with Crippen LogP contribution in [0.25, 0.3) is 0 Å². The fourth-order valence-corrected chi connectivity index (χ4v) is 1.61. The van der Waals surface area contributed by atoms with E-state index in [1.165, 1.54) is 0 Å². The molecule has 0 bridgehead atoms. The molecule has 0 fully saturated rings. The Morgan fingerprint density at radius 3 is 2.13 bits per heavy atom. The highest BCUT2D eigenvalue weighted by molar-refractivity contribution is 4.80.